The number of anilines is 2. The minimum absolute atomic E-state index is 0.145. The third-order valence-corrected chi connectivity index (χ3v) is 6.54. The van der Waals surface area contributed by atoms with Crippen LogP contribution in [0.1, 0.15) is 19.4 Å². The number of hydrogen-bond donors (Lipinski definition) is 3. The highest BCUT2D eigenvalue weighted by Gasteiger charge is 2.14. The molecule has 14 heteroatoms. The first-order valence-corrected chi connectivity index (χ1v) is 11.9. The van der Waals surface area contributed by atoms with Crippen molar-refractivity contribution in [2.45, 2.75) is 23.3 Å². The zero-order valence-corrected chi connectivity index (χ0v) is 19.0. The highest BCUT2D eigenvalue weighted by molar-refractivity contribution is 8.01. The van der Waals surface area contributed by atoms with Gasteiger partial charge in [-0.1, -0.05) is 41.8 Å². The number of thioether (sulfide) groups is 2. The van der Waals surface area contributed by atoms with Crippen LogP contribution in [0.25, 0.3) is 0 Å². The van der Waals surface area contributed by atoms with Crippen LogP contribution >= 0.6 is 34.9 Å². The van der Waals surface area contributed by atoms with Gasteiger partial charge in [-0.3, -0.25) is 10.1 Å². The fraction of sp³-hybridized carbons (Fsp3) is 0.294. The molecule has 0 saturated heterocycles. The minimum Gasteiger partial charge on any atom is -0.454 e. The first-order chi connectivity index (χ1) is 15.1. The van der Waals surface area contributed by atoms with E-state index in [1.165, 1.54) is 23.1 Å². The smallest absolute Gasteiger partial charge is 0.240 e. The first kappa shape index (κ1) is 21.4. The van der Waals surface area contributed by atoms with E-state index < -0.39 is 0 Å². The van der Waals surface area contributed by atoms with E-state index in [4.69, 9.17) is 9.47 Å². The van der Waals surface area contributed by atoms with Crippen molar-refractivity contribution in [3.8, 4) is 11.5 Å². The predicted molar refractivity (Wildman–Crippen MR) is 120 cm³/mol. The van der Waals surface area contributed by atoms with Gasteiger partial charge in [-0.2, -0.15) is 10.1 Å². The van der Waals surface area contributed by atoms with Crippen LogP contribution < -0.4 is 20.2 Å². The number of benzene rings is 1. The topological polar surface area (TPSA) is 139 Å². The summed E-state index contributed by atoms with van der Waals surface area (Å²) in [5, 5.41) is 22.7. The van der Waals surface area contributed by atoms with Crippen molar-refractivity contribution in [1.29, 1.82) is 0 Å². The van der Waals surface area contributed by atoms with Crippen molar-refractivity contribution in [2.75, 3.05) is 29.0 Å². The Bertz CT molecular complexity index is 1100. The van der Waals surface area contributed by atoms with E-state index in [2.05, 4.69) is 41.2 Å². The molecule has 0 radical (unpaired) electrons. The van der Waals surface area contributed by atoms with Crippen LogP contribution in [0.3, 0.4) is 0 Å². The molecule has 162 valence electrons. The Kier molecular flexibility index (Phi) is 6.89. The lowest BCUT2D eigenvalue weighted by molar-refractivity contribution is -0.113. The molecule has 1 amide bonds. The summed E-state index contributed by atoms with van der Waals surface area (Å²) in [4.78, 5) is 16.4. The molecule has 0 unspecified atom stereocenters. The van der Waals surface area contributed by atoms with Gasteiger partial charge in [0.15, 0.2) is 15.8 Å². The summed E-state index contributed by atoms with van der Waals surface area (Å²) in [6, 6.07) is 5.61. The maximum absolute atomic E-state index is 12.1. The summed E-state index contributed by atoms with van der Waals surface area (Å²) in [5.74, 6) is 2.62. The number of carbonyl (C=O) groups excluding carboxylic acids is 1. The molecule has 0 bridgehead atoms. The van der Waals surface area contributed by atoms with Crippen LogP contribution in [0.4, 0.5) is 11.1 Å². The van der Waals surface area contributed by atoms with Gasteiger partial charge in [-0.05, 0) is 30.9 Å². The van der Waals surface area contributed by atoms with Crippen LogP contribution in [0.5, 0.6) is 11.5 Å². The van der Waals surface area contributed by atoms with Gasteiger partial charge in [0.2, 0.25) is 28.9 Å². The van der Waals surface area contributed by atoms with Crippen LogP contribution in [0.15, 0.2) is 32.8 Å². The molecule has 0 atom stereocenters. The van der Waals surface area contributed by atoms with E-state index in [1.807, 2.05) is 32.0 Å². The van der Waals surface area contributed by atoms with E-state index in [0.717, 1.165) is 27.1 Å². The molecule has 1 aliphatic heterocycles. The molecule has 11 nitrogen and oxygen atoms in total. The molecule has 0 fully saturated rings. The zero-order valence-electron chi connectivity index (χ0n) is 16.5. The van der Waals surface area contributed by atoms with Crippen molar-refractivity contribution in [2.24, 2.45) is 5.10 Å². The van der Waals surface area contributed by atoms with Gasteiger partial charge in [0, 0.05) is 5.56 Å². The summed E-state index contributed by atoms with van der Waals surface area (Å²) < 4.78 is 11.5. The van der Waals surface area contributed by atoms with Crippen LogP contribution in [-0.4, -0.2) is 55.3 Å². The summed E-state index contributed by atoms with van der Waals surface area (Å²) in [7, 11) is 0. The third-order valence-electron chi connectivity index (χ3n) is 3.84. The van der Waals surface area contributed by atoms with Gasteiger partial charge in [0.25, 0.3) is 0 Å². The second-order valence-electron chi connectivity index (χ2n) is 5.99. The molecule has 4 rings (SSSR count). The molecular weight excluding hydrogens is 460 g/mol. The molecule has 0 spiro atoms. The number of nitrogens with zero attached hydrogens (tertiary/aromatic N) is 5. The van der Waals surface area contributed by atoms with Crippen LogP contribution in [-0.2, 0) is 4.79 Å². The van der Waals surface area contributed by atoms with Crippen molar-refractivity contribution in [3.63, 3.8) is 0 Å². The number of carbonyl (C=O) groups is 1. The SMILES string of the molecule is CCSc1nnc(NC(=O)CSc2n[nH]c(N/N=C(\C)c3ccc4c(c3)OCO4)n2)s1. The van der Waals surface area contributed by atoms with Gasteiger partial charge in [-0.25, -0.2) is 10.5 Å². The number of nitrogens with one attached hydrogen (secondary N) is 3. The van der Waals surface area contributed by atoms with E-state index in [0.29, 0.717) is 22.0 Å². The van der Waals surface area contributed by atoms with E-state index >= 15 is 0 Å². The minimum atomic E-state index is -0.204. The monoisotopic (exact) mass is 478 g/mol. The normalized spacial score (nSPS) is 12.8. The third kappa shape index (κ3) is 5.65. The number of hydrogen-bond acceptors (Lipinski definition) is 12. The van der Waals surface area contributed by atoms with E-state index in [1.54, 1.807) is 11.8 Å². The lowest BCUT2D eigenvalue weighted by atomic mass is 10.1. The summed E-state index contributed by atoms with van der Waals surface area (Å²) in [5.41, 5.74) is 4.45. The number of hydrazone groups is 1. The molecule has 3 N–H and O–H groups in total. The second kappa shape index (κ2) is 9.98. The highest BCUT2D eigenvalue weighted by Crippen LogP contribution is 2.32. The quantitative estimate of drug-likeness (QED) is 0.182. The average Bonchev–Trinajstić information content (AvgIpc) is 3.51. The van der Waals surface area contributed by atoms with Gasteiger partial charge < -0.3 is 9.47 Å². The number of aromatic nitrogens is 5. The Morgan fingerprint density at radius 2 is 2.16 bits per heavy atom. The molecule has 3 heterocycles. The Labute approximate surface area is 189 Å². The number of ether oxygens (including phenoxy) is 2. The van der Waals surface area contributed by atoms with Gasteiger partial charge in [0.05, 0.1) is 11.5 Å². The lowest BCUT2D eigenvalue weighted by Gasteiger charge is -2.03. The lowest BCUT2D eigenvalue weighted by Crippen LogP contribution is -2.13. The van der Waals surface area contributed by atoms with Crippen LogP contribution in [0, 0.1) is 0 Å². The molecule has 1 aromatic carbocycles. The molecule has 0 aliphatic carbocycles. The molecule has 3 aromatic rings. The van der Waals surface area contributed by atoms with Gasteiger partial charge >= 0.3 is 0 Å². The predicted octanol–water partition coefficient (Wildman–Crippen LogP) is 3.06. The average molecular weight is 479 g/mol. The molecule has 0 saturated carbocycles. The summed E-state index contributed by atoms with van der Waals surface area (Å²) in [6.45, 7) is 4.12. The van der Waals surface area contributed by atoms with Gasteiger partial charge in [0.1, 0.15) is 0 Å². The summed E-state index contributed by atoms with van der Waals surface area (Å²) in [6.07, 6.45) is 0. The standard InChI is InChI=1S/C17H18N8O3S3/c1-3-29-17-25-24-16(31-17)18-13(26)7-30-15-19-14(22-23-15)21-20-9(2)10-4-5-11-12(6-10)28-8-27-11/h4-6H,3,7-8H2,1-2H3,(H,18,24,26)(H2,19,21,22,23)/b20-9+. The number of H-pyrrole nitrogens is 1. The fourth-order valence-electron chi connectivity index (χ4n) is 2.41. The Morgan fingerprint density at radius 1 is 1.29 bits per heavy atom. The molecular formula is C17H18N8O3S3. The Morgan fingerprint density at radius 3 is 3.03 bits per heavy atom. The van der Waals surface area contributed by atoms with Crippen molar-refractivity contribution in [1.82, 2.24) is 25.4 Å². The van der Waals surface area contributed by atoms with E-state index in [-0.39, 0.29) is 18.5 Å². The molecule has 31 heavy (non-hydrogen) atoms. The number of fused-ring (bicyclic) bond motifs is 1. The highest BCUT2D eigenvalue weighted by atomic mass is 32.2. The number of rotatable bonds is 9. The van der Waals surface area contributed by atoms with Crippen molar-refractivity contribution in [3.05, 3.63) is 23.8 Å². The number of amides is 1. The number of aromatic amines is 1. The van der Waals surface area contributed by atoms with E-state index in [9.17, 15) is 4.79 Å². The Hall–Kier alpha value is -2.84. The maximum Gasteiger partial charge on any atom is 0.240 e. The molecule has 1 aliphatic rings. The molecule has 2 aromatic heterocycles. The second-order valence-corrected chi connectivity index (χ2v) is 9.42. The van der Waals surface area contributed by atoms with Crippen LogP contribution in [0.2, 0.25) is 0 Å². The maximum atomic E-state index is 12.1. The van der Waals surface area contributed by atoms with Gasteiger partial charge in [-0.15, -0.1) is 15.3 Å². The first-order valence-electron chi connectivity index (χ1n) is 9.12. The van der Waals surface area contributed by atoms with Crippen molar-refractivity contribution >= 4 is 57.6 Å². The summed E-state index contributed by atoms with van der Waals surface area (Å²) >= 11 is 4.13. The van der Waals surface area contributed by atoms with Crippen molar-refractivity contribution < 1.29 is 14.3 Å². The zero-order chi connectivity index (χ0) is 21.6. The Balaban J connectivity index is 1.27. The largest absolute Gasteiger partial charge is 0.454 e. The fourth-order valence-corrected chi connectivity index (χ4v) is 4.67.